The van der Waals surface area contributed by atoms with Crippen molar-refractivity contribution >= 4 is 11.9 Å². The first-order chi connectivity index (χ1) is 11.6. The first-order valence-electron chi connectivity index (χ1n) is 8.41. The molecule has 0 bridgehead atoms. The smallest absolute Gasteiger partial charge is 0.319 e. The van der Waals surface area contributed by atoms with Gasteiger partial charge in [-0.05, 0) is 44.6 Å². The van der Waals surface area contributed by atoms with Crippen LogP contribution < -0.4 is 14.8 Å². The van der Waals surface area contributed by atoms with Crippen LogP contribution in [-0.2, 0) is 16.1 Å². The van der Waals surface area contributed by atoms with Gasteiger partial charge in [0, 0.05) is 12.1 Å². The zero-order chi connectivity index (χ0) is 17.2. The van der Waals surface area contributed by atoms with E-state index in [2.05, 4.69) is 5.32 Å². The molecule has 130 valence electrons. The van der Waals surface area contributed by atoms with Crippen LogP contribution in [0, 0.1) is 5.41 Å². The molecule has 2 N–H and O–H groups in total. The lowest BCUT2D eigenvalue weighted by atomic mass is 10.1. The summed E-state index contributed by atoms with van der Waals surface area (Å²) in [5.41, 5.74) is -0.429. The maximum absolute atomic E-state index is 12.2. The van der Waals surface area contributed by atoms with E-state index in [9.17, 15) is 14.7 Å². The van der Waals surface area contributed by atoms with Crippen LogP contribution in [0.5, 0.6) is 11.5 Å². The molecule has 6 heteroatoms. The third kappa shape index (κ3) is 3.18. The van der Waals surface area contributed by atoms with E-state index in [1.54, 1.807) is 7.11 Å². The van der Waals surface area contributed by atoms with Gasteiger partial charge in [0.25, 0.3) is 0 Å². The molecule has 3 rings (SSSR count). The molecular weight excluding hydrogens is 310 g/mol. The van der Waals surface area contributed by atoms with Gasteiger partial charge in [-0.3, -0.25) is 9.59 Å². The number of ether oxygens (including phenoxy) is 2. The highest BCUT2D eigenvalue weighted by Crippen LogP contribution is 2.46. The Bertz CT molecular complexity index is 632. The summed E-state index contributed by atoms with van der Waals surface area (Å²) in [7, 11) is 1.59. The van der Waals surface area contributed by atoms with Crippen LogP contribution in [0.25, 0.3) is 0 Å². The summed E-state index contributed by atoms with van der Waals surface area (Å²) in [5, 5.41) is 11.9. The van der Waals surface area contributed by atoms with Crippen LogP contribution in [0.15, 0.2) is 18.2 Å². The highest BCUT2D eigenvalue weighted by Gasteiger charge is 2.56. The van der Waals surface area contributed by atoms with Gasteiger partial charge in [-0.15, -0.1) is 0 Å². The predicted octanol–water partition coefficient (Wildman–Crippen LogP) is 2.50. The van der Waals surface area contributed by atoms with E-state index >= 15 is 0 Å². The number of carbonyl (C=O) groups excluding carboxylic acids is 1. The number of nitrogens with one attached hydrogen (secondary N) is 1. The molecule has 0 radical (unpaired) electrons. The van der Waals surface area contributed by atoms with Crippen molar-refractivity contribution in [1.82, 2.24) is 5.32 Å². The second-order valence-corrected chi connectivity index (χ2v) is 6.54. The first kappa shape index (κ1) is 16.6. The molecule has 0 spiro atoms. The van der Waals surface area contributed by atoms with Crippen molar-refractivity contribution in [3.63, 3.8) is 0 Å². The number of hydrogen-bond acceptors (Lipinski definition) is 4. The minimum absolute atomic E-state index is 0.171. The Morgan fingerprint density at radius 3 is 2.58 bits per heavy atom. The summed E-state index contributed by atoms with van der Waals surface area (Å²) in [6.07, 6.45) is 5.33. The number of carboxylic acid groups (broad SMARTS) is 1. The summed E-state index contributed by atoms with van der Waals surface area (Å²) >= 11 is 0. The zero-order valence-corrected chi connectivity index (χ0v) is 13.8. The highest BCUT2D eigenvalue weighted by atomic mass is 16.5. The lowest BCUT2D eigenvalue weighted by Crippen LogP contribution is -2.36. The fraction of sp³-hybridized carbons (Fsp3) is 0.556. The van der Waals surface area contributed by atoms with Gasteiger partial charge >= 0.3 is 5.97 Å². The molecular formula is C18H23NO5. The van der Waals surface area contributed by atoms with Gasteiger partial charge in [-0.1, -0.05) is 12.1 Å². The number of carbonyl (C=O) groups is 2. The van der Waals surface area contributed by atoms with Crippen molar-refractivity contribution in [2.75, 3.05) is 7.11 Å². The van der Waals surface area contributed by atoms with Gasteiger partial charge in [0.2, 0.25) is 5.91 Å². The summed E-state index contributed by atoms with van der Waals surface area (Å²) in [6, 6.07) is 5.54. The normalized spacial score (nSPS) is 18.9. The van der Waals surface area contributed by atoms with Crippen molar-refractivity contribution < 1.29 is 24.2 Å². The number of aliphatic carboxylic acids is 1. The molecule has 1 aromatic rings. The van der Waals surface area contributed by atoms with Crippen LogP contribution in [0.2, 0.25) is 0 Å². The average molecular weight is 333 g/mol. The van der Waals surface area contributed by atoms with Gasteiger partial charge in [0.05, 0.1) is 13.2 Å². The standard InChI is InChI=1S/C18H23NO5/c1-23-14-8-4-5-12(15(14)24-13-6-2-3-7-13)11-19-16(20)18(9-10-18)17(21)22/h4-5,8,13H,2-3,6-7,9-11H2,1H3,(H,19,20)(H,21,22). The van der Waals surface area contributed by atoms with Crippen LogP contribution in [-0.4, -0.2) is 30.2 Å². The Morgan fingerprint density at radius 1 is 1.29 bits per heavy atom. The summed E-state index contributed by atoms with van der Waals surface area (Å²) in [5.74, 6) is -0.196. The Labute approximate surface area is 141 Å². The van der Waals surface area contributed by atoms with E-state index < -0.39 is 17.3 Å². The number of benzene rings is 1. The van der Waals surface area contributed by atoms with E-state index in [1.807, 2.05) is 18.2 Å². The number of amides is 1. The highest BCUT2D eigenvalue weighted by molar-refractivity contribution is 6.04. The lowest BCUT2D eigenvalue weighted by molar-refractivity contribution is -0.149. The molecule has 0 aliphatic heterocycles. The van der Waals surface area contributed by atoms with Crippen molar-refractivity contribution in [2.45, 2.75) is 51.2 Å². The monoisotopic (exact) mass is 333 g/mol. The molecule has 24 heavy (non-hydrogen) atoms. The topological polar surface area (TPSA) is 84.9 Å². The van der Waals surface area contributed by atoms with Crippen molar-refractivity contribution in [1.29, 1.82) is 0 Å². The average Bonchev–Trinajstić information content (AvgIpc) is 3.25. The van der Waals surface area contributed by atoms with E-state index in [1.165, 1.54) is 0 Å². The fourth-order valence-corrected chi connectivity index (χ4v) is 3.18. The molecule has 1 amide bonds. The maximum Gasteiger partial charge on any atom is 0.319 e. The first-order valence-corrected chi connectivity index (χ1v) is 8.41. The molecule has 0 saturated heterocycles. The molecule has 2 aliphatic rings. The van der Waals surface area contributed by atoms with Crippen LogP contribution in [0.4, 0.5) is 0 Å². The Morgan fingerprint density at radius 2 is 2.00 bits per heavy atom. The third-order valence-corrected chi connectivity index (χ3v) is 4.90. The number of carboxylic acids is 1. The van der Waals surface area contributed by atoms with E-state index in [0.29, 0.717) is 24.3 Å². The molecule has 2 saturated carbocycles. The zero-order valence-electron chi connectivity index (χ0n) is 13.8. The number of methoxy groups -OCH3 is 1. The second-order valence-electron chi connectivity index (χ2n) is 6.54. The van der Waals surface area contributed by atoms with Crippen molar-refractivity contribution in [3.05, 3.63) is 23.8 Å². The van der Waals surface area contributed by atoms with Gasteiger partial charge in [-0.25, -0.2) is 0 Å². The van der Waals surface area contributed by atoms with E-state index in [-0.39, 0.29) is 12.6 Å². The van der Waals surface area contributed by atoms with E-state index in [0.717, 1.165) is 31.2 Å². The minimum atomic E-state index is -1.23. The Hall–Kier alpha value is -2.24. The third-order valence-electron chi connectivity index (χ3n) is 4.90. The van der Waals surface area contributed by atoms with Crippen molar-refractivity contribution in [2.24, 2.45) is 5.41 Å². The number of para-hydroxylation sites is 1. The van der Waals surface area contributed by atoms with Crippen LogP contribution in [0.3, 0.4) is 0 Å². The minimum Gasteiger partial charge on any atom is -0.493 e. The molecule has 6 nitrogen and oxygen atoms in total. The summed E-state index contributed by atoms with van der Waals surface area (Å²) in [4.78, 5) is 23.4. The predicted molar refractivity (Wildman–Crippen MR) is 87.0 cm³/mol. The Kier molecular flexibility index (Phi) is 4.64. The fourth-order valence-electron chi connectivity index (χ4n) is 3.18. The van der Waals surface area contributed by atoms with Crippen LogP contribution in [0.1, 0.15) is 44.1 Å². The second kappa shape index (κ2) is 6.71. The maximum atomic E-state index is 12.2. The lowest BCUT2D eigenvalue weighted by Gasteiger charge is -2.20. The van der Waals surface area contributed by atoms with E-state index in [4.69, 9.17) is 9.47 Å². The SMILES string of the molecule is COc1cccc(CNC(=O)C2(C(=O)O)CC2)c1OC1CCCC1. The quantitative estimate of drug-likeness (QED) is 0.749. The van der Waals surface area contributed by atoms with Gasteiger partial charge in [0.15, 0.2) is 11.5 Å². The summed E-state index contributed by atoms with van der Waals surface area (Å²) < 4.78 is 11.5. The van der Waals surface area contributed by atoms with Crippen molar-refractivity contribution in [3.8, 4) is 11.5 Å². The molecule has 2 fully saturated rings. The molecule has 0 atom stereocenters. The molecule has 1 aromatic carbocycles. The molecule has 2 aliphatic carbocycles. The van der Waals surface area contributed by atoms with Crippen LogP contribution >= 0.6 is 0 Å². The number of rotatable bonds is 7. The number of hydrogen-bond donors (Lipinski definition) is 2. The summed E-state index contributed by atoms with van der Waals surface area (Å²) in [6.45, 7) is 0.229. The molecule has 0 aromatic heterocycles. The Balaban J connectivity index is 1.72. The van der Waals surface area contributed by atoms with Gasteiger partial charge < -0.3 is 19.9 Å². The molecule has 0 heterocycles. The largest absolute Gasteiger partial charge is 0.493 e. The van der Waals surface area contributed by atoms with Gasteiger partial charge in [0.1, 0.15) is 5.41 Å². The van der Waals surface area contributed by atoms with Gasteiger partial charge in [-0.2, -0.15) is 0 Å². The molecule has 0 unspecified atom stereocenters.